The first-order chi connectivity index (χ1) is 13.2. The number of nitrogens with zero attached hydrogens (tertiary/aromatic N) is 3. The van der Waals surface area contributed by atoms with E-state index in [1.807, 2.05) is 14.0 Å². The average molecular weight is 513 g/mol. The highest BCUT2D eigenvalue weighted by molar-refractivity contribution is 14.0. The lowest BCUT2D eigenvalue weighted by atomic mass is 10.1. The summed E-state index contributed by atoms with van der Waals surface area (Å²) in [7, 11) is 1.83. The molecule has 0 saturated carbocycles. The molecule has 0 radical (unpaired) electrons. The minimum absolute atomic E-state index is 0. The number of anilines is 1. The van der Waals surface area contributed by atoms with Crippen LogP contribution in [0.4, 0.5) is 5.69 Å². The van der Waals surface area contributed by atoms with Gasteiger partial charge in [0.15, 0.2) is 5.96 Å². The summed E-state index contributed by atoms with van der Waals surface area (Å²) in [5.41, 5.74) is 3.74. The Morgan fingerprint density at radius 3 is 2.79 bits per heavy atom. The summed E-state index contributed by atoms with van der Waals surface area (Å²) in [4.78, 5) is 11.4. The molecular formula is C21H32IN5S. The van der Waals surface area contributed by atoms with Crippen LogP contribution >= 0.6 is 35.3 Å². The van der Waals surface area contributed by atoms with Crippen molar-refractivity contribution in [1.29, 1.82) is 0 Å². The Kier molecular flexibility index (Phi) is 9.50. The van der Waals surface area contributed by atoms with Gasteiger partial charge in [-0.1, -0.05) is 12.1 Å². The molecule has 1 atom stereocenters. The minimum Gasteiger partial charge on any atom is -0.372 e. The summed E-state index contributed by atoms with van der Waals surface area (Å²) in [6.45, 7) is 7.47. The van der Waals surface area contributed by atoms with Crippen LogP contribution in [0.25, 0.3) is 0 Å². The standard InChI is InChI=1S/C21H31N5S.HI/c1-16-15-27-20(24-16)10-7-11-23-21(22-3)25-17(2)18-8-6-9-19(14-18)26-12-4-5-13-26;/h6,8-9,14-15,17H,4-5,7,10-13H2,1-3H3,(H2,22,23,25);1H. The van der Waals surface area contributed by atoms with Gasteiger partial charge in [0.25, 0.3) is 0 Å². The molecule has 3 rings (SSSR count). The van der Waals surface area contributed by atoms with Crippen LogP contribution in [0.1, 0.15) is 48.5 Å². The van der Waals surface area contributed by atoms with Gasteiger partial charge in [-0.15, -0.1) is 35.3 Å². The van der Waals surface area contributed by atoms with Gasteiger partial charge in [-0.2, -0.15) is 0 Å². The molecule has 0 amide bonds. The maximum absolute atomic E-state index is 4.52. The molecule has 1 saturated heterocycles. The van der Waals surface area contributed by atoms with Crippen molar-refractivity contribution < 1.29 is 0 Å². The molecule has 1 unspecified atom stereocenters. The van der Waals surface area contributed by atoms with Crippen LogP contribution in [0.3, 0.4) is 0 Å². The molecule has 1 aliphatic heterocycles. The van der Waals surface area contributed by atoms with E-state index >= 15 is 0 Å². The van der Waals surface area contributed by atoms with Gasteiger partial charge in [0.1, 0.15) is 0 Å². The Morgan fingerprint density at radius 1 is 1.32 bits per heavy atom. The zero-order valence-corrected chi connectivity index (χ0v) is 20.2. The van der Waals surface area contributed by atoms with E-state index in [0.717, 1.165) is 31.0 Å². The first-order valence-corrected chi connectivity index (χ1v) is 10.8. The quantitative estimate of drug-likeness (QED) is 0.247. The highest BCUT2D eigenvalue weighted by atomic mass is 127. The zero-order chi connectivity index (χ0) is 19.1. The van der Waals surface area contributed by atoms with Crippen molar-refractivity contribution in [3.63, 3.8) is 0 Å². The van der Waals surface area contributed by atoms with Crippen LogP contribution in [-0.2, 0) is 6.42 Å². The van der Waals surface area contributed by atoms with Gasteiger partial charge in [-0.05, 0) is 50.8 Å². The van der Waals surface area contributed by atoms with Crippen molar-refractivity contribution in [2.75, 3.05) is 31.6 Å². The van der Waals surface area contributed by atoms with E-state index in [4.69, 9.17) is 0 Å². The second-order valence-corrected chi connectivity index (χ2v) is 8.08. The molecule has 1 aromatic carbocycles. The maximum Gasteiger partial charge on any atom is 0.191 e. The number of aryl methyl sites for hydroxylation is 2. The molecular weight excluding hydrogens is 481 g/mol. The van der Waals surface area contributed by atoms with E-state index in [1.54, 1.807) is 11.3 Å². The molecule has 5 nitrogen and oxygen atoms in total. The predicted molar refractivity (Wildman–Crippen MR) is 131 cm³/mol. The van der Waals surface area contributed by atoms with Crippen molar-refractivity contribution in [3.05, 3.63) is 45.9 Å². The van der Waals surface area contributed by atoms with Gasteiger partial charge in [0.2, 0.25) is 0 Å². The number of hydrogen-bond acceptors (Lipinski definition) is 4. The topological polar surface area (TPSA) is 52.6 Å². The van der Waals surface area contributed by atoms with Crippen LogP contribution in [0.15, 0.2) is 34.6 Å². The van der Waals surface area contributed by atoms with E-state index in [-0.39, 0.29) is 30.0 Å². The lowest BCUT2D eigenvalue weighted by Gasteiger charge is -2.22. The van der Waals surface area contributed by atoms with Gasteiger partial charge in [-0.3, -0.25) is 4.99 Å². The van der Waals surface area contributed by atoms with Gasteiger partial charge in [0, 0.05) is 49.9 Å². The molecule has 2 heterocycles. The van der Waals surface area contributed by atoms with Crippen LogP contribution in [0.5, 0.6) is 0 Å². The normalized spacial score (nSPS) is 15.2. The smallest absolute Gasteiger partial charge is 0.191 e. The molecule has 2 aromatic rings. The van der Waals surface area contributed by atoms with Gasteiger partial charge >= 0.3 is 0 Å². The average Bonchev–Trinajstić information content (AvgIpc) is 3.36. The number of halogens is 1. The highest BCUT2D eigenvalue weighted by Gasteiger charge is 2.14. The van der Waals surface area contributed by atoms with E-state index in [2.05, 4.69) is 62.1 Å². The van der Waals surface area contributed by atoms with E-state index in [0.29, 0.717) is 0 Å². The van der Waals surface area contributed by atoms with Gasteiger partial charge in [0.05, 0.1) is 11.0 Å². The second kappa shape index (κ2) is 11.6. The van der Waals surface area contributed by atoms with E-state index in [9.17, 15) is 0 Å². The first-order valence-electron chi connectivity index (χ1n) is 9.89. The SMILES string of the molecule is CN=C(NCCCc1nc(C)cs1)NC(C)c1cccc(N2CCCC2)c1.I. The predicted octanol–water partition coefficient (Wildman–Crippen LogP) is 4.53. The third-order valence-electron chi connectivity index (χ3n) is 4.94. The summed E-state index contributed by atoms with van der Waals surface area (Å²) in [6, 6.07) is 9.08. The molecule has 0 bridgehead atoms. The van der Waals surface area contributed by atoms with Crippen molar-refractivity contribution in [1.82, 2.24) is 15.6 Å². The fourth-order valence-electron chi connectivity index (χ4n) is 3.41. The third-order valence-corrected chi connectivity index (χ3v) is 5.97. The summed E-state index contributed by atoms with van der Waals surface area (Å²) >= 11 is 1.74. The Morgan fingerprint density at radius 2 is 2.11 bits per heavy atom. The summed E-state index contributed by atoms with van der Waals surface area (Å²) in [6.07, 6.45) is 4.66. The summed E-state index contributed by atoms with van der Waals surface area (Å²) in [5, 5.41) is 10.3. The molecule has 0 spiro atoms. The molecule has 2 N–H and O–H groups in total. The Labute approximate surface area is 190 Å². The first kappa shape index (κ1) is 22.9. The zero-order valence-electron chi connectivity index (χ0n) is 17.1. The fourth-order valence-corrected chi connectivity index (χ4v) is 4.23. The van der Waals surface area contributed by atoms with Gasteiger partial charge < -0.3 is 15.5 Å². The molecule has 0 aliphatic carbocycles. The number of thiazole rings is 1. The Hall–Kier alpha value is -1.35. The maximum atomic E-state index is 4.52. The van der Waals surface area contributed by atoms with E-state index in [1.165, 1.54) is 42.2 Å². The lowest BCUT2D eigenvalue weighted by molar-refractivity contribution is 0.673. The largest absolute Gasteiger partial charge is 0.372 e. The molecule has 154 valence electrons. The Bertz CT molecular complexity index is 755. The lowest BCUT2D eigenvalue weighted by Crippen LogP contribution is -2.39. The van der Waals surface area contributed by atoms with Crippen LogP contribution in [-0.4, -0.2) is 37.6 Å². The van der Waals surface area contributed by atoms with Gasteiger partial charge in [-0.25, -0.2) is 4.98 Å². The van der Waals surface area contributed by atoms with Crippen LogP contribution in [0, 0.1) is 6.92 Å². The number of aromatic nitrogens is 1. The number of hydrogen-bond donors (Lipinski definition) is 2. The molecule has 1 aliphatic rings. The van der Waals surface area contributed by atoms with Crippen LogP contribution in [0.2, 0.25) is 0 Å². The number of benzene rings is 1. The van der Waals surface area contributed by atoms with Crippen molar-refractivity contribution >= 4 is 47.0 Å². The summed E-state index contributed by atoms with van der Waals surface area (Å²) in [5.74, 6) is 0.851. The number of aliphatic imine (C=N–C) groups is 1. The monoisotopic (exact) mass is 513 g/mol. The molecule has 1 fully saturated rings. The summed E-state index contributed by atoms with van der Waals surface area (Å²) < 4.78 is 0. The number of nitrogens with one attached hydrogen (secondary N) is 2. The van der Waals surface area contributed by atoms with Crippen molar-refractivity contribution in [3.8, 4) is 0 Å². The number of rotatable bonds is 7. The fraction of sp³-hybridized carbons (Fsp3) is 0.524. The molecule has 1 aromatic heterocycles. The van der Waals surface area contributed by atoms with Crippen molar-refractivity contribution in [2.45, 2.75) is 45.6 Å². The Balaban J connectivity index is 0.00000280. The third kappa shape index (κ3) is 6.62. The van der Waals surface area contributed by atoms with Crippen molar-refractivity contribution in [2.24, 2.45) is 4.99 Å². The van der Waals surface area contributed by atoms with Crippen LogP contribution < -0.4 is 15.5 Å². The highest BCUT2D eigenvalue weighted by Crippen LogP contribution is 2.23. The second-order valence-electron chi connectivity index (χ2n) is 7.14. The molecule has 28 heavy (non-hydrogen) atoms. The number of guanidine groups is 1. The minimum atomic E-state index is 0. The molecule has 7 heteroatoms. The van der Waals surface area contributed by atoms with E-state index < -0.39 is 0 Å².